The predicted octanol–water partition coefficient (Wildman–Crippen LogP) is 5.48. The highest BCUT2D eigenvalue weighted by Gasteiger charge is 2.41. The van der Waals surface area contributed by atoms with E-state index in [4.69, 9.17) is 11.6 Å². The maximum Gasteiger partial charge on any atom is 0.471 e. The van der Waals surface area contributed by atoms with Gasteiger partial charge in [0.25, 0.3) is 5.91 Å². The first-order valence-corrected chi connectivity index (χ1v) is 12.9. The second-order valence-corrected chi connectivity index (χ2v) is 10.6. The summed E-state index contributed by atoms with van der Waals surface area (Å²) in [6.45, 7) is 0.273. The lowest BCUT2D eigenvalue weighted by molar-refractivity contribution is -0.174. The van der Waals surface area contributed by atoms with Gasteiger partial charge in [-0.1, -0.05) is 23.7 Å². The first-order valence-electron chi connectivity index (χ1n) is 11.7. The number of nitrogens with one attached hydrogen (secondary N) is 1. The van der Waals surface area contributed by atoms with Crippen molar-refractivity contribution in [2.24, 2.45) is 4.99 Å². The SMILES string of the molecule is O=C1N=C(N2CCC(NC(=O)C(F)(F)F)C2)SC1=Cc1ccc2c(cnn2Cc2ccc(Cl)cc2C(F)(F)F)c1. The molecule has 40 heavy (non-hydrogen) atoms. The number of rotatable bonds is 4. The lowest BCUT2D eigenvalue weighted by Crippen LogP contribution is -2.44. The number of amides is 2. The van der Waals surface area contributed by atoms with Crippen LogP contribution in [0.2, 0.25) is 5.02 Å². The van der Waals surface area contributed by atoms with E-state index in [-0.39, 0.29) is 30.1 Å². The first kappa shape index (κ1) is 28.0. The van der Waals surface area contributed by atoms with Gasteiger partial charge in [-0.2, -0.15) is 36.4 Å². The molecule has 1 saturated heterocycles. The molecule has 0 spiro atoms. The molecule has 0 bridgehead atoms. The number of aromatic nitrogens is 2. The molecule has 1 aromatic heterocycles. The van der Waals surface area contributed by atoms with E-state index in [1.54, 1.807) is 29.2 Å². The fourth-order valence-corrected chi connectivity index (χ4v) is 5.56. The molecule has 2 aliphatic heterocycles. The molecule has 0 aliphatic carbocycles. The molecule has 210 valence electrons. The zero-order valence-electron chi connectivity index (χ0n) is 20.2. The predicted molar refractivity (Wildman–Crippen MR) is 137 cm³/mol. The van der Waals surface area contributed by atoms with Crippen molar-refractivity contribution < 1.29 is 35.9 Å². The third kappa shape index (κ3) is 5.97. The molecule has 3 aromatic rings. The molecule has 5 rings (SSSR count). The zero-order valence-corrected chi connectivity index (χ0v) is 21.8. The number of fused-ring (bicyclic) bond motifs is 1. The third-order valence-corrected chi connectivity index (χ3v) is 7.60. The number of benzene rings is 2. The van der Waals surface area contributed by atoms with Gasteiger partial charge in [0, 0.05) is 29.5 Å². The normalized spacial score (nSPS) is 19.1. The Morgan fingerprint density at radius 1 is 1.15 bits per heavy atom. The van der Waals surface area contributed by atoms with E-state index in [2.05, 4.69) is 10.1 Å². The van der Waals surface area contributed by atoms with Crippen molar-refractivity contribution in [2.75, 3.05) is 13.1 Å². The van der Waals surface area contributed by atoms with Crippen LogP contribution in [-0.4, -0.2) is 57.0 Å². The Morgan fingerprint density at radius 3 is 2.65 bits per heavy atom. The van der Waals surface area contributed by atoms with Gasteiger partial charge in [0.05, 0.1) is 28.7 Å². The first-order chi connectivity index (χ1) is 18.8. The zero-order chi connectivity index (χ0) is 28.8. The Hall–Kier alpha value is -3.52. The van der Waals surface area contributed by atoms with E-state index in [1.807, 2.05) is 5.32 Å². The Morgan fingerprint density at radius 2 is 1.93 bits per heavy atom. The van der Waals surface area contributed by atoms with Gasteiger partial charge in [-0.05, 0) is 59.7 Å². The number of aliphatic imine (C=N–C) groups is 1. The topological polar surface area (TPSA) is 79.6 Å². The molecule has 15 heteroatoms. The van der Waals surface area contributed by atoms with E-state index in [0.717, 1.165) is 17.8 Å². The number of carbonyl (C=O) groups excluding carboxylic acids is 2. The van der Waals surface area contributed by atoms with Crippen molar-refractivity contribution in [3.05, 3.63) is 69.2 Å². The highest BCUT2D eigenvalue weighted by atomic mass is 35.5. The van der Waals surface area contributed by atoms with Crippen LogP contribution in [0.1, 0.15) is 23.1 Å². The van der Waals surface area contributed by atoms with Crippen LogP contribution in [0.25, 0.3) is 17.0 Å². The summed E-state index contributed by atoms with van der Waals surface area (Å²) in [5.74, 6) is -2.52. The minimum atomic E-state index is -4.97. The lowest BCUT2D eigenvalue weighted by atomic mass is 10.1. The molecule has 2 amide bonds. The summed E-state index contributed by atoms with van der Waals surface area (Å²) in [4.78, 5) is 29.6. The van der Waals surface area contributed by atoms with Gasteiger partial charge in [0.15, 0.2) is 5.17 Å². The van der Waals surface area contributed by atoms with Gasteiger partial charge in [-0.25, -0.2) is 0 Å². The number of hydrogen-bond acceptors (Lipinski definition) is 5. The lowest BCUT2D eigenvalue weighted by Gasteiger charge is -2.17. The third-order valence-electron chi connectivity index (χ3n) is 6.32. The van der Waals surface area contributed by atoms with Crippen LogP contribution in [0.4, 0.5) is 26.3 Å². The van der Waals surface area contributed by atoms with E-state index < -0.39 is 35.8 Å². The fraction of sp³-hybridized carbons (Fsp3) is 0.280. The van der Waals surface area contributed by atoms with Gasteiger partial charge in [-0.15, -0.1) is 0 Å². The summed E-state index contributed by atoms with van der Waals surface area (Å²) in [5, 5.41) is 7.11. The molecule has 1 atom stereocenters. The molecule has 2 aromatic carbocycles. The standard InChI is InChI=1S/C25H18ClF6N5O2S/c26-16-3-2-14(18(9-16)24(27,28)29)11-37-19-4-1-13(7-15(19)10-33-37)8-20-21(38)35-23(40-20)36-6-5-17(12-36)34-22(39)25(30,31)32/h1-4,7-10,17H,5-6,11-12H2,(H,34,39). The van der Waals surface area contributed by atoms with Crippen LogP contribution >= 0.6 is 23.4 Å². The molecule has 7 nitrogen and oxygen atoms in total. The van der Waals surface area contributed by atoms with Gasteiger partial charge in [0.1, 0.15) is 0 Å². The number of amidine groups is 1. The molecular formula is C25H18ClF6N5O2S. The highest BCUT2D eigenvalue weighted by Crippen LogP contribution is 2.35. The van der Waals surface area contributed by atoms with Crippen LogP contribution in [0.5, 0.6) is 0 Å². The summed E-state index contributed by atoms with van der Waals surface area (Å²) in [6.07, 6.45) is -6.18. The van der Waals surface area contributed by atoms with Crippen molar-refractivity contribution >= 4 is 57.3 Å². The Kier molecular flexibility index (Phi) is 7.33. The highest BCUT2D eigenvalue weighted by molar-refractivity contribution is 8.18. The summed E-state index contributed by atoms with van der Waals surface area (Å²) in [7, 11) is 0. The smallest absolute Gasteiger partial charge is 0.349 e. The average molecular weight is 602 g/mol. The van der Waals surface area contributed by atoms with Crippen molar-refractivity contribution in [1.82, 2.24) is 20.0 Å². The molecule has 1 N–H and O–H groups in total. The molecule has 2 aliphatic rings. The molecule has 0 saturated carbocycles. The van der Waals surface area contributed by atoms with Crippen molar-refractivity contribution in [3.8, 4) is 0 Å². The quantitative estimate of drug-likeness (QED) is 0.317. The second-order valence-electron chi connectivity index (χ2n) is 9.13. The fourth-order valence-electron chi connectivity index (χ4n) is 4.44. The number of likely N-dealkylation sites (tertiary alicyclic amines) is 1. The van der Waals surface area contributed by atoms with Crippen molar-refractivity contribution in [2.45, 2.75) is 31.4 Å². The van der Waals surface area contributed by atoms with Crippen LogP contribution < -0.4 is 5.32 Å². The number of hydrogen-bond donors (Lipinski definition) is 1. The Balaban J connectivity index is 1.28. The molecule has 1 fully saturated rings. The molecular weight excluding hydrogens is 584 g/mol. The number of halogens is 7. The Labute approximate surface area is 231 Å². The second kappa shape index (κ2) is 10.5. The van der Waals surface area contributed by atoms with Crippen LogP contribution in [0.3, 0.4) is 0 Å². The molecule has 0 radical (unpaired) electrons. The largest absolute Gasteiger partial charge is 0.471 e. The number of alkyl halides is 6. The van der Waals surface area contributed by atoms with Crippen molar-refractivity contribution in [3.63, 3.8) is 0 Å². The minimum Gasteiger partial charge on any atom is -0.349 e. The molecule has 3 heterocycles. The summed E-state index contributed by atoms with van der Waals surface area (Å²) in [6, 6.07) is 7.94. The summed E-state index contributed by atoms with van der Waals surface area (Å²) < 4.78 is 79.5. The monoisotopic (exact) mass is 601 g/mol. The van der Waals surface area contributed by atoms with Gasteiger partial charge in [-0.3, -0.25) is 14.3 Å². The van der Waals surface area contributed by atoms with Gasteiger partial charge in [0.2, 0.25) is 0 Å². The van der Waals surface area contributed by atoms with Crippen LogP contribution in [-0.2, 0) is 22.3 Å². The molecule has 1 unspecified atom stereocenters. The van der Waals surface area contributed by atoms with E-state index in [0.29, 0.717) is 33.1 Å². The number of carbonyl (C=O) groups is 2. The van der Waals surface area contributed by atoms with E-state index >= 15 is 0 Å². The van der Waals surface area contributed by atoms with Crippen LogP contribution in [0, 0.1) is 0 Å². The van der Waals surface area contributed by atoms with Crippen molar-refractivity contribution in [1.29, 1.82) is 0 Å². The van der Waals surface area contributed by atoms with Gasteiger partial charge < -0.3 is 10.2 Å². The number of nitrogens with zero attached hydrogens (tertiary/aromatic N) is 4. The van der Waals surface area contributed by atoms with E-state index in [9.17, 15) is 35.9 Å². The maximum atomic E-state index is 13.5. The van der Waals surface area contributed by atoms with Gasteiger partial charge >= 0.3 is 18.3 Å². The minimum absolute atomic E-state index is 0.00727. The number of thioether (sulfide) groups is 1. The summed E-state index contributed by atoms with van der Waals surface area (Å²) in [5.41, 5.74) is 0.368. The van der Waals surface area contributed by atoms with Crippen LogP contribution in [0.15, 0.2) is 52.5 Å². The summed E-state index contributed by atoms with van der Waals surface area (Å²) >= 11 is 6.83. The van der Waals surface area contributed by atoms with E-state index in [1.165, 1.54) is 23.0 Å². The maximum absolute atomic E-state index is 13.5. The Bertz CT molecular complexity index is 1570. The average Bonchev–Trinajstić information content (AvgIpc) is 3.58.